The van der Waals surface area contributed by atoms with Gasteiger partial charge >= 0.3 is 5.97 Å². The minimum absolute atomic E-state index is 0.0615. The largest absolute Gasteiger partial charge is 0.480 e. The molecule has 1 aromatic rings. The molecule has 2 N–H and O–H groups in total. The number of thiazole rings is 1. The highest BCUT2D eigenvalue weighted by molar-refractivity contribution is 7.15. The number of ketones is 1. The first-order valence-electron chi connectivity index (χ1n) is 8.54. The molecule has 0 saturated carbocycles. The number of morpholine rings is 1. The lowest BCUT2D eigenvalue weighted by molar-refractivity contribution is -0.152. The molecule has 0 radical (unpaired) electrons. The topological polar surface area (TPSA) is 129 Å². The molecule has 3 heterocycles. The number of rotatable bonds is 6. The molecular weight excluding hydrogens is 376 g/mol. The fourth-order valence-corrected chi connectivity index (χ4v) is 3.94. The van der Waals surface area contributed by atoms with Crippen LogP contribution >= 0.6 is 11.3 Å². The van der Waals surface area contributed by atoms with Gasteiger partial charge in [-0.15, -0.1) is 11.3 Å². The number of aromatic nitrogens is 1. The van der Waals surface area contributed by atoms with Crippen molar-refractivity contribution in [2.24, 2.45) is 5.92 Å². The second kappa shape index (κ2) is 8.44. The third-order valence-electron chi connectivity index (χ3n) is 4.35. The molecule has 2 fully saturated rings. The molecule has 11 heteroatoms. The number of hydrogen-bond donors (Lipinski definition) is 2. The molecule has 2 aliphatic rings. The van der Waals surface area contributed by atoms with Gasteiger partial charge in [-0.1, -0.05) is 0 Å². The van der Waals surface area contributed by atoms with Gasteiger partial charge in [-0.3, -0.25) is 19.2 Å². The van der Waals surface area contributed by atoms with E-state index in [1.54, 1.807) is 6.20 Å². The number of nitrogens with one attached hydrogen (secondary N) is 1. The molecule has 27 heavy (non-hydrogen) atoms. The van der Waals surface area contributed by atoms with E-state index in [9.17, 15) is 19.2 Å². The first-order chi connectivity index (χ1) is 13.0. The van der Waals surface area contributed by atoms with Crippen LogP contribution < -0.4 is 10.2 Å². The minimum atomic E-state index is -1.48. The molecule has 3 rings (SSSR count). The molecule has 0 bridgehead atoms. The van der Waals surface area contributed by atoms with E-state index >= 15 is 0 Å². The molecule has 10 nitrogen and oxygen atoms in total. The first-order valence-corrected chi connectivity index (χ1v) is 9.36. The van der Waals surface area contributed by atoms with Gasteiger partial charge in [0.25, 0.3) is 0 Å². The number of carbonyl (C=O) groups is 4. The summed E-state index contributed by atoms with van der Waals surface area (Å²) in [4.78, 5) is 56.0. The summed E-state index contributed by atoms with van der Waals surface area (Å²) in [6, 6.07) is 0. The van der Waals surface area contributed by atoms with Crippen LogP contribution in [0.1, 0.15) is 11.3 Å². The van der Waals surface area contributed by atoms with Crippen molar-refractivity contribution in [1.82, 2.24) is 15.2 Å². The Morgan fingerprint density at radius 2 is 2.04 bits per heavy atom. The molecule has 1 aromatic heterocycles. The Bertz CT molecular complexity index is 745. The number of carboxylic acids is 1. The third kappa shape index (κ3) is 4.61. The molecule has 2 aliphatic heterocycles. The SMILES string of the molecule is O=C(O)CNC(=O)C1C(=O)CCN(Cc2cnc(N3CCOCC3)s2)C1=O. The number of carboxylic acid groups (broad SMARTS) is 1. The molecule has 1 unspecified atom stereocenters. The lowest BCUT2D eigenvalue weighted by Crippen LogP contribution is -2.52. The van der Waals surface area contributed by atoms with E-state index in [-0.39, 0.29) is 19.5 Å². The standard InChI is InChI=1S/C16H20N4O6S/c21-11-1-2-20(15(25)13(11)14(24)17-8-12(22)23)9-10-7-18-16(27-10)19-3-5-26-6-4-19/h7,13H,1-6,8-9H2,(H,17,24)(H,22,23). The van der Waals surface area contributed by atoms with Crippen LogP contribution in [-0.2, 0) is 30.5 Å². The van der Waals surface area contributed by atoms with E-state index in [1.807, 2.05) is 0 Å². The fourth-order valence-electron chi connectivity index (χ4n) is 2.96. The summed E-state index contributed by atoms with van der Waals surface area (Å²) in [6.45, 7) is 2.67. The van der Waals surface area contributed by atoms with Gasteiger partial charge < -0.3 is 25.0 Å². The van der Waals surface area contributed by atoms with Crippen LogP contribution in [0.2, 0.25) is 0 Å². The van der Waals surface area contributed by atoms with E-state index in [0.29, 0.717) is 13.2 Å². The van der Waals surface area contributed by atoms with Crippen molar-refractivity contribution in [3.05, 3.63) is 11.1 Å². The monoisotopic (exact) mass is 396 g/mol. The van der Waals surface area contributed by atoms with Crippen LogP contribution in [-0.4, -0.2) is 78.0 Å². The predicted octanol–water partition coefficient (Wildman–Crippen LogP) is -0.902. The molecule has 0 aliphatic carbocycles. The summed E-state index contributed by atoms with van der Waals surface area (Å²) in [5.74, 6) is -4.68. The van der Waals surface area contributed by atoms with Gasteiger partial charge in [0.2, 0.25) is 11.8 Å². The summed E-state index contributed by atoms with van der Waals surface area (Å²) < 4.78 is 5.32. The molecule has 0 spiro atoms. The molecule has 1 atom stereocenters. The molecule has 0 aromatic carbocycles. The summed E-state index contributed by atoms with van der Waals surface area (Å²) >= 11 is 1.46. The van der Waals surface area contributed by atoms with Crippen LogP contribution in [0.3, 0.4) is 0 Å². The van der Waals surface area contributed by atoms with Crippen LogP contribution in [0.15, 0.2) is 6.20 Å². The van der Waals surface area contributed by atoms with Crippen molar-refractivity contribution in [2.45, 2.75) is 13.0 Å². The lowest BCUT2D eigenvalue weighted by Gasteiger charge is -2.30. The van der Waals surface area contributed by atoms with Gasteiger partial charge in [-0.25, -0.2) is 4.98 Å². The fraction of sp³-hybridized carbons (Fsp3) is 0.562. The number of amides is 2. The Labute approximate surface area is 159 Å². The van der Waals surface area contributed by atoms with Crippen molar-refractivity contribution in [1.29, 1.82) is 0 Å². The number of likely N-dealkylation sites (tertiary alicyclic amines) is 1. The van der Waals surface area contributed by atoms with E-state index < -0.39 is 36.0 Å². The minimum Gasteiger partial charge on any atom is -0.480 e. The number of ether oxygens (including phenoxy) is 1. The molecule has 2 amide bonds. The average molecular weight is 396 g/mol. The van der Waals surface area contributed by atoms with Crippen LogP contribution in [0.5, 0.6) is 0 Å². The first kappa shape index (κ1) is 19.2. The average Bonchev–Trinajstić information content (AvgIpc) is 3.12. The zero-order chi connectivity index (χ0) is 19.4. The Hall–Kier alpha value is -2.53. The second-order valence-corrected chi connectivity index (χ2v) is 7.32. The third-order valence-corrected chi connectivity index (χ3v) is 5.40. The van der Waals surface area contributed by atoms with Crippen molar-refractivity contribution in [3.63, 3.8) is 0 Å². The number of piperidine rings is 1. The number of Topliss-reactive ketones (excluding diaryl/α,β-unsaturated/α-hetero) is 1. The van der Waals surface area contributed by atoms with E-state index in [1.165, 1.54) is 16.2 Å². The molecule has 146 valence electrons. The number of hydrogen-bond acceptors (Lipinski definition) is 8. The highest BCUT2D eigenvalue weighted by atomic mass is 32.1. The zero-order valence-electron chi connectivity index (χ0n) is 14.5. The smallest absolute Gasteiger partial charge is 0.322 e. The predicted molar refractivity (Wildman–Crippen MR) is 94.3 cm³/mol. The Morgan fingerprint density at radius 1 is 1.30 bits per heavy atom. The number of aliphatic carboxylic acids is 1. The van der Waals surface area contributed by atoms with Gasteiger partial charge in [-0.2, -0.15) is 0 Å². The highest BCUT2D eigenvalue weighted by Gasteiger charge is 2.40. The van der Waals surface area contributed by atoms with Crippen LogP contribution in [0, 0.1) is 5.92 Å². The van der Waals surface area contributed by atoms with Crippen molar-refractivity contribution >= 4 is 40.0 Å². The number of anilines is 1. The normalized spacial score (nSPS) is 20.7. The zero-order valence-corrected chi connectivity index (χ0v) is 15.4. The second-order valence-electron chi connectivity index (χ2n) is 6.23. The van der Waals surface area contributed by atoms with E-state index in [2.05, 4.69) is 15.2 Å². The van der Waals surface area contributed by atoms with Crippen molar-refractivity contribution < 1.29 is 29.0 Å². The summed E-state index contributed by atoms with van der Waals surface area (Å²) in [5.41, 5.74) is 0. The van der Waals surface area contributed by atoms with Crippen LogP contribution in [0.25, 0.3) is 0 Å². The molecular formula is C16H20N4O6S. The number of nitrogens with zero attached hydrogens (tertiary/aromatic N) is 3. The Balaban J connectivity index is 1.63. The molecule has 2 saturated heterocycles. The Kier molecular flexibility index (Phi) is 6.01. The van der Waals surface area contributed by atoms with E-state index in [0.717, 1.165) is 23.1 Å². The van der Waals surface area contributed by atoms with Gasteiger partial charge in [0, 0.05) is 37.1 Å². The Morgan fingerprint density at radius 3 is 2.74 bits per heavy atom. The summed E-state index contributed by atoms with van der Waals surface area (Å²) in [6.07, 6.45) is 1.75. The van der Waals surface area contributed by atoms with Gasteiger partial charge in [0.15, 0.2) is 16.8 Å². The van der Waals surface area contributed by atoms with Crippen molar-refractivity contribution in [2.75, 3.05) is 44.3 Å². The quantitative estimate of drug-likeness (QED) is 0.592. The van der Waals surface area contributed by atoms with Crippen LogP contribution in [0.4, 0.5) is 5.13 Å². The van der Waals surface area contributed by atoms with Crippen molar-refractivity contribution in [3.8, 4) is 0 Å². The lowest BCUT2D eigenvalue weighted by atomic mass is 9.94. The maximum atomic E-state index is 12.6. The van der Waals surface area contributed by atoms with E-state index in [4.69, 9.17) is 9.84 Å². The summed E-state index contributed by atoms with van der Waals surface area (Å²) in [5, 5.41) is 11.6. The number of carbonyl (C=O) groups excluding carboxylic acids is 3. The van der Waals surface area contributed by atoms with Gasteiger partial charge in [0.1, 0.15) is 6.54 Å². The van der Waals surface area contributed by atoms with Gasteiger partial charge in [0.05, 0.1) is 19.8 Å². The maximum Gasteiger partial charge on any atom is 0.322 e. The van der Waals surface area contributed by atoms with Gasteiger partial charge in [-0.05, 0) is 0 Å². The summed E-state index contributed by atoms with van der Waals surface area (Å²) in [7, 11) is 0. The maximum absolute atomic E-state index is 12.6. The highest BCUT2D eigenvalue weighted by Crippen LogP contribution is 2.26.